The lowest BCUT2D eigenvalue weighted by molar-refractivity contribution is -0.138. The van der Waals surface area contributed by atoms with E-state index in [-0.39, 0.29) is 6.42 Å². The van der Waals surface area contributed by atoms with E-state index in [4.69, 9.17) is 19.3 Å². The highest BCUT2D eigenvalue weighted by Crippen LogP contribution is 2.38. The second-order valence-electron chi connectivity index (χ2n) is 5.25. The molecule has 1 aromatic rings. The van der Waals surface area contributed by atoms with E-state index in [1.165, 1.54) is 0 Å². The van der Waals surface area contributed by atoms with Gasteiger partial charge in [-0.3, -0.25) is 4.79 Å². The molecule has 112 valence electrons. The van der Waals surface area contributed by atoms with Gasteiger partial charge in [0, 0.05) is 29.7 Å². The van der Waals surface area contributed by atoms with E-state index in [2.05, 4.69) is 0 Å². The molecule has 0 radical (unpaired) electrons. The van der Waals surface area contributed by atoms with Gasteiger partial charge in [0.25, 0.3) is 0 Å². The van der Waals surface area contributed by atoms with E-state index in [1.807, 2.05) is 19.9 Å². The van der Waals surface area contributed by atoms with Gasteiger partial charge in [-0.25, -0.2) is 0 Å². The van der Waals surface area contributed by atoms with Crippen molar-refractivity contribution in [1.82, 2.24) is 0 Å². The van der Waals surface area contributed by atoms with Gasteiger partial charge in [-0.1, -0.05) is 13.8 Å². The molecule has 0 spiro atoms. The van der Waals surface area contributed by atoms with Gasteiger partial charge in [-0.15, -0.1) is 0 Å². The lowest BCUT2D eigenvalue weighted by Crippen LogP contribution is -2.23. The van der Waals surface area contributed by atoms with Crippen LogP contribution in [0.2, 0.25) is 0 Å². The summed E-state index contributed by atoms with van der Waals surface area (Å²) in [6.07, 6.45) is 0.0160. The molecule has 0 amide bonds. The summed E-state index contributed by atoms with van der Waals surface area (Å²) in [6, 6.07) is 3.66. The van der Waals surface area contributed by atoms with Crippen LogP contribution in [0.1, 0.15) is 31.4 Å². The number of ether oxygens (including phenoxy) is 3. The maximum Gasteiger partial charge on any atom is 0.304 e. The van der Waals surface area contributed by atoms with Crippen molar-refractivity contribution in [3.63, 3.8) is 0 Å². The molecule has 0 atom stereocenters. The van der Waals surface area contributed by atoms with Crippen molar-refractivity contribution in [3.8, 4) is 11.5 Å². The number of benzene rings is 1. The Morgan fingerprint density at radius 3 is 2.20 bits per heavy atom. The van der Waals surface area contributed by atoms with Crippen molar-refractivity contribution in [1.29, 1.82) is 0 Å². The lowest BCUT2D eigenvalue weighted by Gasteiger charge is -2.26. The van der Waals surface area contributed by atoms with Gasteiger partial charge in [0.1, 0.15) is 11.5 Å². The summed E-state index contributed by atoms with van der Waals surface area (Å²) in [5.41, 5.74) is 1.14. The van der Waals surface area contributed by atoms with Crippen molar-refractivity contribution in [2.24, 2.45) is 0 Å². The maximum atomic E-state index is 11.0. The predicted octanol–water partition coefficient (Wildman–Crippen LogP) is 2.60. The van der Waals surface area contributed by atoms with Gasteiger partial charge in [0.05, 0.1) is 27.2 Å². The third kappa shape index (κ3) is 3.63. The first kappa shape index (κ1) is 16.3. The number of carboxylic acids is 1. The molecule has 0 aliphatic carbocycles. The van der Waals surface area contributed by atoms with Crippen molar-refractivity contribution in [3.05, 3.63) is 23.3 Å². The van der Waals surface area contributed by atoms with Gasteiger partial charge in [-0.2, -0.15) is 0 Å². The smallest absolute Gasteiger partial charge is 0.304 e. The quantitative estimate of drug-likeness (QED) is 0.832. The summed E-state index contributed by atoms with van der Waals surface area (Å²) in [6.45, 7) is 4.15. The first-order valence-electron chi connectivity index (χ1n) is 6.31. The van der Waals surface area contributed by atoms with E-state index < -0.39 is 11.4 Å². The largest absolute Gasteiger partial charge is 0.496 e. The van der Waals surface area contributed by atoms with Crippen LogP contribution in [0.15, 0.2) is 12.1 Å². The summed E-state index contributed by atoms with van der Waals surface area (Å²) in [4.78, 5) is 11.0. The number of carboxylic acid groups (broad SMARTS) is 1. The maximum absolute atomic E-state index is 11.0. The Kier molecular flexibility index (Phi) is 5.39. The highest BCUT2D eigenvalue weighted by atomic mass is 16.5. The van der Waals surface area contributed by atoms with Crippen molar-refractivity contribution in [2.75, 3.05) is 21.3 Å². The Morgan fingerprint density at radius 1 is 1.15 bits per heavy atom. The first-order valence-corrected chi connectivity index (χ1v) is 6.31. The van der Waals surface area contributed by atoms with Crippen LogP contribution in [0.5, 0.6) is 11.5 Å². The molecule has 1 rings (SSSR count). The molecule has 0 saturated carbocycles. The molecule has 0 fully saturated rings. The summed E-state index contributed by atoms with van der Waals surface area (Å²) in [5.74, 6) is 0.438. The lowest BCUT2D eigenvalue weighted by atomic mass is 9.80. The Morgan fingerprint density at radius 2 is 1.75 bits per heavy atom. The second kappa shape index (κ2) is 6.61. The van der Waals surface area contributed by atoms with Gasteiger partial charge in [0.15, 0.2) is 0 Å². The normalized spacial score (nSPS) is 11.2. The zero-order chi connectivity index (χ0) is 15.3. The minimum absolute atomic E-state index is 0.0160. The molecular formula is C15H22O5. The molecule has 20 heavy (non-hydrogen) atoms. The van der Waals surface area contributed by atoms with Crippen LogP contribution in [0, 0.1) is 0 Å². The molecule has 0 bridgehead atoms. The number of rotatable bonds is 7. The molecular weight excluding hydrogens is 260 g/mol. The third-order valence-electron chi connectivity index (χ3n) is 3.22. The number of carbonyl (C=O) groups is 1. The molecule has 0 unspecified atom stereocenters. The highest BCUT2D eigenvalue weighted by molar-refractivity contribution is 5.69. The molecule has 0 aliphatic rings. The average Bonchev–Trinajstić information content (AvgIpc) is 2.37. The Balaban J connectivity index is 3.36. The molecule has 0 heterocycles. The molecule has 5 nitrogen and oxygen atoms in total. The summed E-state index contributed by atoms with van der Waals surface area (Å²) >= 11 is 0. The number of hydrogen-bond donors (Lipinski definition) is 1. The van der Waals surface area contributed by atoms with Crippen LogP contribution in [0.25, 0.3) is 0 Å². The van der Waals surface area contributed by atoms with Crippen LogP contribution >= 0.6 is 0 Å². The van der Waals surface area contributed by atoms with Gasteiger partial charge in [-0.05, 0) is 6.07 Å². The van der Waals surface area contributed by atoms with Gasteiger partial charge in [0.2, 0.25) is 0 Å². The fraction of sp³-hybridized carbons (Fsp3) is 0.533. The predicted molar refractivity (Wildman–Crippen MR) is 75.5 cm³/mol. The minimum atomic E-state index is -0.846. The Labute approximate surface area is 119 Å². The van der Waals surface area contributed by atoms with Crippen molar-refractivity contribution in [2.45, 2.75) is 32.3 Å². The van der Waals surface area contributed by atoms with Crippen molar-refractivity contribution >= 4 is 5.97 Å². The van der Waals surface area contributed by atoms with E-state index in [0.29, 0.717) is 18.1 Å². The number of aliphatic carboxylic acids is 1. The summed E-state index contributed by atoms with van der Waals surface area (Å²) in [5, 5.41) is 9.06. The van der Waals surface area contributed by atoms with Crippen LogP contribution in [0.4, 0.5) is 0 Å². The monoisotopic (exact) mass is 282 g/mol. The molecule has 5 heteroatoms. The molecule has 1 aromatic carbocycles. The highest BCUT2D eigenvalue weighted by Gasteiger charge is 2.28. The third-order valence-corrected chi connectivity index (χ3v) is 3.22. The SMILES string of the molecule is COCc1cc(C(C)(C)CC(=O)O)c(OC)cc1OC. The fourth-order valence-electron chi connectivity index (χ4n) is 2.24. The number of methoxy groups -OCH3 is 3. The minimum Gasteiger partial charge on any atom is -0.496 e. The van der Waals surface area contributed by atoms with Crippen molar-refractivity contribution < 1.29 is 24.1 Å². The van der Waals surface area contributed by atoms with Crippen LogP contribution in [-0.4, -0.2) is 32.4 Å². The molecule has 0 aromatic heterocycles. The second-order valence-corrected chi connectivity index (χ2v) is 5.25. The molecule has 0 saturated heterocycles. The Bertz CT molecular complexity index is 479. The fourth-order valence-corrected chi connectivity index (χ4v) is 2.24. The zero-order valence-corrected chi connectivity index (χ0v) is 12.6. The van der Waals surface area contributed by atoms with Gasteiger partial charge >= 0.3 is 5.97 Å². The van der Waals surface area contributed by atoms with E-state index in [9.17, 15) is 4.79 Å². The van der Waals surface area contributed by atoms with Gasteiger partial charge < -0.3 is 19.3 Å². The van der Waals surface area contributed by atoms with Crippen LogP contribution < -0.4 is 9.47 Å². The zero-order valence-electron chi connectivity index (χ0n) is 12.6. The molecule has 0 aliphatic heterocycles. The van der Waals surface area contributed by atoms with Crippen LogP contribution in [0.3, 0.4) is 0 Å². The Hall–Kier alpha value is -1.75. The first-order chi connectivity index (χ1) is 9.35. The summed E-state index contributed by atoms with van der Waals surface area (Å²) < 4.78 is 15.8. The topological polar surface area (TPSA) is 65.0 Å². The van der Waals surface area contributed by atoms with E-state index >= 15 is 0 Å². The average molecular weight is 282 g/mol. The number of hydrogen-bond acceptors (Lipinski definition) is 4. The summed E-state index contributed by atoms with van der Waals surface area (Å²) in [7, 11) is 4.74. The standard InChI is InChI=1S/C15H22O5/c1-15(2,8-14(16)17)11-6-10(9-18-3)12(19-4)7-13(11)20-5/h6-7H,8-9H2,1-5H3,(H,16,17). The van der Waals surface area contributed by atoms with E-state index in [0.717, 1.165) is 11.1 Å². The van der Waals surface area contributed by atoms with E-state index in [1.54, 1.807) is 27.4 Å². The molecule has 1 N–H and O–H groups in total. The van der Waals surface area contributed by atoms with Crippen LogP contribution in [-0.2, 0) is 21.6 Å².